The average Bonchev–Trinajstić information content (AvgIpc) is 3.09. The highest BCUT2D eigenvalue weighted by Gasteiger charge is 2.47. The second kappa shape index (κ2) is 8.94. The molecule has 1 aliphatic heterocycles. The number of ketones is 1. The molecular formula is C27H24N2O5. The first-order valence-electron chi connectivity index (χ1n) is 10.9. The second-order valence-electron chi connectivity index (χ2n) is 8.57. The Hall–Kier alpha value is -4.26. The van der Waals surface area contributed by atoms with Crippen molar-refractivity contribution < 1.29 is 24.6 Å². The number of carboxylic acid groups (broad SMARTS) is 1. The van der Waals surface area contributed by atoms with Crippen LogP contribution >= 0.6 is 0 Å². The summed E-state index contributed by atoms with van der Waals surface area (Å²) in [5, 5.41) is 20.3. The van der Waals surface area contributed by atoms with Crippen LogP contribution in [0.3, 0.4) is 0 Å². The Balaban J connectivity index is 1.90. The number of Topliss-reactive ketones (excluding diaryl/α,β-unsaturated/α-hetero) is 1. The zero-order valence-corrected chi connectivity index (χ0v) is 19.0. The maximum Gasteiger partial charge on any atom is 0.337 e. The molecule has 0 radical (unpaired) electrons. The number of aliphatic hydroxyl groups is 1. The fraction of sp³-hybridized carbons (Fsp3) is 0.185. The molecule has 4 rings (SSSR count). The van der Waals surface area contributed by atoms with Gasteiger partial charge in [-0.1, -0.05) is 67.9 Å². The molecule has 2 heterocycles. The van der Waals surface area contributed by atoms with Crippen molar-refractivity contribution in [3.8, 4) is 0 Å². The number of hydrogen-bond donors (Lipinski definition) is 2. The van der Waals surface area contributed by atoms with Gasteiger partial charge in [-0.3, -0.25) is 14.5 Å². The van der Waals surface area contributed by atoms with E-state index < -0.39 is 23.7 Å². The van der Waals surface area contributed by atoms with Crippen LogP contribution in [0.25, 0.3) is 5.76 Å². The Labute approximate surface area is 197 Å². The van der Waals surface area contributed by atoms with Gasteiger partial charge in [0.25, 0.3) is 5.78 Å². The van der Waals surface area contributed by atoms with E-state index in [2.05, 4.69) is 18.8 Å². The van der Waals surface area contributed by atoms with Crippen LogP contribution in [0.5, 0.6) is 0 Å². The Bertz CT molecular complexity index is 1290. The lowest BCUT2D eigenvalue weighted by molar-refractivity contribution is -0.132. The number of rotatable bonds is 5. The van der Waals surface area contributed by atoms with E-state index in [0.29, 0.717) is 11.1 Å². The minimum Gasteiger partial charge on any atom is -0.507 e. The van der Waals surface area contributed by atoms with Crippen LogP contribution in [0.1, 0.15) is 58.4 Å². The van der Waals surface area contributed by atoms with E-state index in [0.717, 1.165) is 17.3 Å². The van der Waals surface area contributed by atoms with E-state index in [1.54, 1.807) is 12.1 Å². The molecule has 1 aromatic heterocycles. The van der Waals surface area contributed by atoms with E-state index in [-0.39, 0.29) is 28.6 Å². The minimum absolute atomic E-state index is 0.0437. The average molecular weight is 456 g/mol. The predicted octanol–water partition coefficient (Wildman–Crippen LogP) is 4.84. The van der Waals surface area contributed by atoms with Gasteiger partial charge in [-0.15, -0.1) is 0 Å². The standard InChI is InChI=1S/C27H24N2O5/c1-15(2)17-8-10-18(11-9-17)23-22(24(30)19-6-4-16(3)5-7-19)25(31)26(32)29(23)21-13-12-20(14-28-21)27(33)34/h4-15,23,30H,1-3H3,(H,33,34)/b24-22-. The zero-order chi connectivity index (χ0) is 24.6. The number of carbonyl (C=O) groups excluding carboxylic acids is 2. The van der Waals surface area contributed by atoms with Gasteiger partial charge >= 0.3 is 11.9 Å². The van der Waals surface area contributed by atoms with Crippen molar-refractivity contribution in [1.29, 1.82) is 0 Å². The van der Waals surface area contributed by atoms with E-state index >= 15 is 0 Å². The first kappa shape index (κ1) is 22.9. The summed E-state index contributed by atoms with van der Waals surface area (Å²) in [6.45, 7) is 6.03. The summed E-state index contributed by atoms with van der Waals surface area (Å²) in [6.07, 6.45) is 1.13. The molecule has 2 N–H and O–H groups in total. The van der Waals surface area contributed by atoms with E-state index in [9.17, 15) is 24.6 Å². The van der Waals surface area contributed by atoms with Gasteiger partial charge in [-0.25, -0.2) is 9.78 Å². The molecular weight excluding hydrogens is 432 g/mol. The third kappa shape index (κ3) is 4.08. The van der Waals surface area contributed by atoms with Crippen molar-refractivity contribution in [2.24, 2.45) is 0 Å². The van der Waals surface area contributed by atoms with Gasteiger partial charge in [-0.05, 0) is 36.1 Å². The molecule has 0 bridgehead atoms. The third-order valence-corrected chi connectivity index (χ3v) is 5.93. The van der Waals surface area contributed by atoms with Crippen LogP contribution in [0.15, 0.2) is 72.4 Å². The maximum absolute atomic E-state index is 13.2. The Kier molecular flexibility index (Phi) is 6.03. The largest absolute Gasteiger partial charge is 0.507 e. The summed E-state index contributed by atoms with van der Waals surface area (Å²) in [4.78, 5) is 42.9. The number of carbonyl (C=O) groups is 3. The molecule has 1 aliphatic rings. The molecule has 1 fully saturated rings. The molecule has 1 unspecified atom stereocenters. The fourth-order valence-electron chi connectivity index (χ4n) is 3.97. The number of carboxylic acids is 1. The van der Waals surface area contributed by atoms with Gasteiger partial charge in [-0.2, -0.15) is 0 Å². The van der Waals surface area contributed by atoms with Crippen molar-refractivity contribution >= 4 is 29.2 Å². The predicted molar refractivity (Wildman–Crippen MR) is 128 cm³/mol. The number of pyridine rings is 1. The molecule has 1 amide bonds. The molecule has 7 heteroatoms. The van der Waals surface area contributed by atoms with Crippen LogP contribution in [-0.4, -0.2) is 32.9 Å². The molecule has 3 aromatic rings. The molecule has 172 valence electrons. The van der Waals surface area contributed by atoms with Gasteiger partial charge in [0.05, 0.1) is 17.2 Å². The highest BCUT2D eigenvalue weighted by Crippen LogP contribution is 2.41. The lowest BCUT2D eigenvalue weighted by Gasteiger charge is -2.25. The number of anilines is 1. The maximum atomic E-state index is 13.2. The van der Waals surface area contributed by atoms with E-state index in [1.807, 2.05) is 43.3 Å². The third-order valence-electron chi connectivity index (χ3n) is 5.93. The van der Waals surface area contributed by atoms with Gasteiger partial charge in [0.1, 0.15) is 11.6 Å². The summed E-state index contributed by atoms with van der Waals surface area (Å²) in [6, 6.07) is 16.3. The lowest BCUT2D eigenvalue weighted by atomic mass is 9.93. The summed E-state index contributed by atoms with van der Waals surface area (Å²) < 4.78 is 0. The van der Waals surface area contributed by atoms with Crippen LogP contribution in [-0.2, 0) is 9.59 Å². The summed E-state index contributed by atoms with van der Waals surface area (Å²) in [5.74, 6) is -2.70. The number of hydrogen-bond acceptors (Lipinski definition) is 5. The number of aliphatic hydroxyl groups excluding tert-OH is 1. The van der Waals surface area contributed by atoms with E-state index in [1.165, 1.54) is 17.0 Å². The van der Waals surface area contributed by atoms with Gasteiger partial charge in [0, 0.05) is 11.8 Å². The highest BCUT2D eigenvalue weighted by molar-refractivity contribution is 6.51. The topological polar surface area (TPSA) is 108 Å². The lowest BCUT2D eigenvalue weighted by Crippen LogP contribution is -2.30. The number of aryl methyl sites for hydroxylation is 1. The monoisotopic (exact) mass is 456 g/mol. The van der Waals surface area contributed by atoms with Crippen molar-refractivity contribution in [1.82, 2.24) is 4.98 Å². The number of benzene rings is 2. The smallest absolute Gasteiger partial charge is 0.337 e. The first-order valence-corrected chi connectivity index (χ1v) is 10.9. The summed E-state index contributed by atoms with van der Waals surface area (Å²) >= 11 is 0. The summed E-state index contributed by atoms with van der Waals surface area (Å²) in [7, 11) is 0. The number of nitrogens with zero attached hydrogens (tertiary/aromatic N) is 2. The zero-order valence-electron chi connectivity index (χ0n) is 19.0. The van der Waals surface area contributed by atoms with Crippen molar-refractivity contribution in [3.05, 3.63) is 100 Å². The molecule has 0 spiro atoms. The minimum atomic E-state index is -1.15. The molecule has 1 atom stereocenters. The molecule has 0 saturated carbocycles. The van der Waals surface area contributed by atoms with Crippen molar-refractivity contribution in [2.75, 3.05) is 4.90 Å². The van der Waals surface area contributed by atoms with Crippen LogP contribution < -0.4 is 4.90 Å². The molecule has 34 heavy (non-hydrogen) atoms. The van der Waals surface area contributed by atoms with Crippen LogP contribution in [0.2, 0.25) is 0 Å². The van der Waals surface area contributed by atoms with Crippen LogP contribution in [0.4, 0.5) is 5.82 Å². The molecule has 1 saturated heterocycles. The Morgan fingerprint density at radius 2 is 1.53 bits per heavy atom. The molecule has 7 nitrogen and oxygen atoms in total. The SMILES string of the molecule is Cc1ccc(/C(O)=C2/C(=O)C(=O)N(c3ccc(C(=O)O)cn3)C2c2ccc(C(C)C)cc2)cc1. The van der Waals surface area contributed by atoms with E-state index in [4.69, 9.17) is 0 Å². The highest BCUT2D eigenvalue weighted by atomic mass is 16.4. The van der Waals surface area contributed by atoms with Gasteiger partial charge < -0.3 is 10.2 Å². The van der Waals surface area contributed by atoms with Gasteiger partial charge in [0.2, 0.25) is 0 Å². The van der Waals surface area contributed by atoms with Crippen molar-refractivity contribution in [2.45, 2.75) is 32.7 Å². The van der Waals surface area contributed by atoms with Gasteiger partial charge in [0.15, 0.2) is 0 Å². The normalized spacial score (nSPS) is 17.4. The summed E-state index contributed by atoms with van der Waals surface area (Å²) in [5.41, 5.74) is 3.03. The fourth-order valence-corrected chi connectivity index (χ4v) is 3.97. The van der Waals surface area contributed by atoms with Crippen molar-refractivity contribution in [3.63, 3.8) is 0 Å². The number of aromatic carboxylic acids is 1. The first-order chi connectivity index (χ1) is 16.2. The Morgan fingerprint density at radius 1 is 0.912 bits per heavy atom. The number of amides is 1. The van der Waals surface area contributed by atoms with Crippen LogP contribution in [0, 0.1) is 6.92 Å². The molecule has 2 aromatic carbocycles. The quantitative estimate of drug-likeness (QED) is 0.323. The second-order valence-corrected chi connectivity index (χ2v) is 8.57. The Morgan fingerprint density at radius 3 is 2.06 bits per heavy atom. The number of aromatic nitrogens is 1. The molecule has 0 aliphatic carbocycles.